The van der Waals surface area contributed by atoms with Crippen molar-refractivity contribution in [3.05, 3.63) is 30.3 Å². The van der Waals surface area contributed by atoms with Crippen molar-refractivity contribution in [2.24, 2.45) is 0 Å². The molecule has 0 amide bonds. The minimum Gasteiger partial charge on any atom is -0.491 e. The molecule has 13 nitrogen and oxygen atoms in total. The van der Waals surface area contributed by atoms with Gasteiger partial charge in [0, 0.05) is 0 Å². The van der Waals surface area contributed by atoms with E-state index in [1.54, 1.807) is 0 Å². The normalized spacial score (nSPS) is 13.8. The van der Waals surface area contributed by atoms with Crippen molar-refractivity contribution in [3.63, 3.8) is 0 Å². The molecule has 0 atom stereocenters. The SMILES string of the molecule is c1ccc(OCCOCCOCCOCCOCCOCCOCCOCCOCCOCCOCCOC2CCNCC2)cc1. The number of rotatable bonds is 35. The molecule has 268 valence electrons. The molecule has 1 aliphatic heterocycles. The highest BCUT2D eigenvalue weighted by Gasteiger charge is 2.12. The Bertz CT molecular complexity index is 730. The molecular formula is C33H59NO12. The molecule has 1 fully saturated rings. The second-order valence-electron chi connectivity index (χ2n) is 10.1. The van der Waals surface area contributed by atoms with Gasteiger partial charge in [0.1, 0.15) is 12.4 Å². The topological polar surface area (TPSA) is 123 Å². The standard InChI is InChI=1S/C33H59NO12/c1-2-4-32(5-3-1)45-30-28-43-26-24-41-22-20-39-18-16-37-14-12-35-10-11-36-13-15-38-17-19-40-21-23-42-25-27-44-29-31-46-33-6-8-34-9-7-33/h1-5,33-34H,6-31H2. The molecule has 13 heteroatoms. The maximum atomic E-state index is 5.79. The van der Waals surface area contributed by atoms with Gasteiger partial charge in [-0.3, -0.25) is 0 Å². The molecule has 1 N–H and O–H groups in total. The summed E-state index contributed by atoms with van der Waals surface area (Å²) in [6.45, 7) is 13.8. The number of hydrogen-bond acceptors (Lipinski definition) is 13. The van der Waals surface area contributed by atoms with Crippen LogP contribution in [0.25, 0.3) is 0 Å². The van der Waals surface area contributed by atoms with Gasteiger partial charge in [0.05, 0.1) is 145 Å². The number of hydrogen-bond donors (Lipinski definition) is 1. The molecule has 0 saturated carbocycles. The second kappa shape index (κ2) is 33.4. The molecule has 2 rings (SSSR count). The lowest BCUT2D eigenvalue weighted by molar-refractivity contribution is -0.0324. The molecule has 1 aromatic carbocycles. The maximum Gasteiger partial charge on any atom is 0.119 e. The van der Waals surface area contributed by atoms with Crippen LogP contribution < -0.4 is 10.1 Å². The van der Waals surface area contributed by atoms with Crippen LogP contribution in [0.5, 0.6) is 5.75 Å². The van der Waals surface area contributed by atoms with E-state index in [-0.39, 0.29) is 0 Å². The summed E-state index contributed by atoms with van der Waals surface area (Å²) in [6, 6.07) is 9.68. The van der Waals surface area contributed by atoms with E-state index in [0.29, 0.717) is 151 Å². The zero-order valence-corrected chi connectivity index (χ0v) is 27.7. The van der Waals surface area contributed by atoms with E-state index in [9.17, 15) is 0 Å². The summed E-state index contributed by atoms with van der Waals surface area (Å²) in [5.41, 5.74) is 0. The Kier molecular flexibility index (Phi) is 29.6. The van der Waals surface area contributed by atoms with Crippen molar-refractivity contribution in [2.75, 3.05) is 158 Å². The predicted molar refractivity (Wildman–Crippen MR) is 172 cm³/mol. The van der Waals surface area contributed by atoms with Crippen LogP contribution in [-0.4, -0.2) is 165 Å². The molecule has 46 heavy (non-hydrogen) atoms. The molecule has 1 aliphatic rings. The summed E-state index contributed by atoms with van der Waals surface area (Å²) >= 11 is 0. The molecule has 0 aliphatic carbocycles. The Morgan fingerprint density at radius 3 is 1.04 bits per heavy atom. The largest absolute Gasteiger partial charge is 0.491 e. The Balaban J connectivity index is 1.13. The Morgan fingerprint density at radius 2 is 0.696 bits per heavy atom. The molecule has 0 unspecified atom stereocenters. The first-order valence-electron chi connectivity index (χ1n) is 16.7. The summed E-state index contributed by atoms with van der Waals surface area (Å²) < 4.78 is 66.3. The molecule has 0 radical (unpaired) electrons. The minimum absolute atomic E-state index is 0.372. The van der Waals surface area contributed by atoms with Crippen LogP contribution in [0.4, 0.5) is 0 Å². The zero-order chi connectivity index (χ0) is 32.3. The average Bonchev–Trinajstić information content (AvgIpc) is 3.09. The van der Waals surface area contributed by atoms with Gasteiger partial charge in [0.25, 0.3) is 0 Å². The van der Waals surface area contributed by atoms with Gasteiger partial charge >= 0.3 is 0 Å². The van der Waals surface area contributed by atoms with Gasteiger partial charge in [-0.15, -0.1) is 0 Å². The quantitative estimate of drug-likeness (QED) is 0.107. The fourth-order valence-corrected chi connectivity index (χ4v) is 4.05. The van der Waals surface area contributed by atoms with Crippen LogP contribution in [0.2, 0.25) is 0 Å². The molecule has 1 saturated heterocycles. The fourth-order valence-electron chi connectivity index (χ4n) is 4.05. The van der Waals surface area contributed by atoms with Gasteiger partial charge in [-0.05, 0) is 38.1 Å². The van der Waals surface area contributed by atoms with Crippen molar-refractivity contribution >= 4 is 0 Å². The molecule has 0 spiro atoms. The van der Waals surface area contributed by atoms with Crippen LogP contribution in [-0.2, 0) is 52.1 Å². The van der Waals surface area contributed by atoms with E-state index in [4.69, 9.17) is 56.8 Å². The van der Waals surface area contributed by atoms with E-state index in [0.717, 1.165) is 31.7 Å². The number of para-hydroxylation sites is 1. The summed E-state index contributed by atoms with van der Waals surface area (Å²) in [5, 5.41) is 3.33. The monoisotopic (exact) mass is 661 g/mol. The van der Waals surface area contributed by atoms with Crippen LogP contribution >= 0.6 is 0 Å². The highest BCUT2D eigenvalue weighted by Crippen LogP contribution is 2.08. The number of ether oxygens (including phenoxy) is 12. The highest BCUT2D eigenvalue weighted by molar-refractivity contribution is 5.20. The first-order chi connectivity index (χ1) is 22.9. The van der Waals surface area contributed by atoms with E-state index < -0.39 is 0 Å². The van der Waals surface area contributed by atoms with Gasteiger partial charge < -0.3 is 62.2 Å². The average molecular weight is 662 g/mol. The summed E-state index contributed by atoms with van der Waals surface area (Å²) in [6.07, 6.45) is 2.53. The van der Waals surface area contributed by atoms with E-state index in [1.807, 2.05) is 30.3 Å². The third kappa shape index (κ3) is 27.6. The smallest absolute Gasteiger partial charge is 0.119 e. The van der Waals surface area contributed by atoms with Crippen LogP contribution in [0.15, 0.2) is 30.3 Å². The lowest BCUT2D eigenvalue weighted by Gasteiger charge is -2.22. The lowest BCUT2D eigenvalue weighted by atomic mass is 10.1. The Morgan fingerprint density at radius 1 is 0.391 bits per heavy atom. The number of benzene rings is 1. The van der Waals surface area contributed by atoms with Crippen LogP contribution in [0.3, 0.4) is 0 Å². The Hall–Kier alpha value is -1.46. The maximum absolute atomic E-state index is 5.79. The number of nitrogens with one attached hydrogen (secondary N) is 1. The van der Waals surface area contributed by atoms with Crippen LogP contribution in [0.1, 0.15) is 12.8 Å². The van der Waals surface area contributed by atoms with Crippen molar-refractivity contribution in [3.8, 4) is 5.75 Å². The molecule has 0 aromatic heterocycles. The van der Waals surface area contributed by atoms with E-state index in [1.165, 1.54) is 0 Å². The van der Waals surface area contributed by atoms with Crippen molar-refractivity contribution in [2.45, 2.75) is 18.9 Å². The summed E-state index contributed by atoms with van der Waals surface area (Å²) in [4.78, 5) is 0. The van der Waals surface area contributed by atoms with Crippen molar-refractivity contribution in [1.82, 2.24) is 5.32 Å². The molecule has 0 bridgehead atoms. The predicted octanol–water partition coefficient (Wildman–Crippen LogP) is 2.00. The third-order valence-electron chi connectivity index (χ3n) is 6.46. The molecule has 1 aromatic rings. The van der Waals surface area contributed by atoms with Gasteiger partial charge in [0.2, 0.25) is 0 Å². The van der Waals surface area contributed by atoms with Gasteiger partial charge in [-0.1, -0.05) is 18.2 Å². The van der Waals surface area contributed by atoms with Crippen LogP contribution in [0, 0.1) is 0 Å². The van der Waals surface area contributed by atoms with Crippen molar-refractivity contribution < 1.29 is 56.8 Å². The molecule has 1 heterocycles. The lowest BCUT2D eigenvalue weighted by Crippen LogP contribution is -2.33. The van der Waals surface area contributed by atoms with E-state index in [2.05, 4.69) is 5.32 Å². The van der Waals surface area contributed by atoms with E-state index >= 15 is 0 Å². The second-order valence-corrected chi connectivity index (χ2v) is 10.1. The highest BCUT2D eigenvalue weighted by atomic mass is 16.6. The first-order valence-corrected chi connectivity index (χ1v) is 16.7. The van der Waals surface area contributed by atoms with Gasteiger partial charge in [0.15, 0.2) is 0 Å². The minimum atomic E-state index is 0.372. The summed E-state index contributed by atoms with van der Waals surface area (Å²) in [7, 11) is 0. The van der Waals surface area contributed by atoms with Gasteiger partial charge in [-0.25, -0.2) is 0 Å². The van der Waals surface area contributed by atoms with Gasteiger partial charge in [-0.2, -0.15) is 0 Å². The molecular weight excluding hydrogens is 602 g/mol. The number of piperidine rings is 1. The zero-order valence-electron chi connectivity index (χ0n) is 27.7. The Labute approximate surface area is 275 Å². The summed E-state index contributed by atoms with van der Waals surface area (Å²) in [5.74, 6) is 0.845. The first kappa shape index (κ1) is 40.7. The fraction of sp³-hybridized carbons (Fsp3) is 0.818. The van der Waals surface area contributed by atoms with Crippen molar-refractivity contribution in [1.29, 1.82) is 0 Å². The third-order valence-corrected chi connectivity index (χ3v) is 6.46.